The lowest BCUT2D eigenvalue weighted by molar-refractivity contribution is -0.134. The van der Waals surface area contributed by atoms with Crippen LogP contribution in [-0.4, -0.2) is 43.1 Å². The number of nitrogens with one attached hydrogen (secondary N) is 1. The smallest absolute Gasteiger partial charge is 0.233 e. The van der Waals surface area contributed by atoms with E-state index in [1.165, 1.54) is 0 Å². The molecule has 0 aliphatic carbocycles. The summed E-state index contributed by atoms with van der Waals surface area (Å²) in [5.74, 6) is 0.868. The van der Waals surface area contributed by atoms with Crippen molar-refractivity contribution in [3.8, 4) is 5.75 Å². The zero-order chi connectivity index (χ0) is 13.4. The second-order valence-electron chi connectivity index (χ2n) is 5.19. The van der Waals surface area contributed by atoms with Crippen molar-refractivity contribution in [2.45, 2.75) is 18.9 Å². The van der Waals surface area contributed by atoms with Gasteiger partial charge in [-0.25, -0.2) is 0 Å². The van der Waals surface area contributed by atoms with Crippen molar-refractivity contribution < 1.29 is 9.53 Å². The van der Waals surface area contributed by atoms with Gasteiger partial charge in [-0.05, 0) is 25.1 Å². The summed E-state index contributed by atoms with van der Waals surface area (Å²) < 4.78 is 6.61. The average Bonchev–Trinajstić information content (AvgIpc) is 2.80. The number of carbonyl (C=O) groups is 1. The van der Waals surface area contributed by atoms with Crippen LogP contribution in [0.25, 0.3) is 0 Å². The Hall–Kier alpha value is -0.780. The molecule has 20 heavy (non-hydrogen) atoms. The van der Waals surface area contributed by atoms with Crippen molar-refractivity contribution in [1.82, 2.24) is 10.2 Å². The Balaban J connectivity index is 0.00000147. The maximum absolute atomic E-state index is 12.6. The topological polar surface area (TPSA) is 41.6 Å². The summed E-state index contributed by atoms with van der Waals surface area (Å²) in [6, 6.07) is 6.23. The first-order chi connectivity index (χ1) is 9.15. The molecular weight excluding hydrogens is 344 g/mol. The molecule has 3 rings (SSSR count). The van der Waals surface area contributed by atoms with Crippen molar-refractivity contribution in [1.29, 1.82) is 0 Å². The molecule has 0 aromatic heterocycles. The number of nitrogens with zero attached hydrogens (tertiary/aromatic N) is 1. The number of benzene rings is 1. The molecule has 1 amide bonds. The van der Waals surface area contributed by atoms with E-state index in [0.29, 0.717) is 12.6 Å². The van der Waals surface area contributed by atoms with Crippen LogP contribution in [0, 0.1) is 0 Å². The Kier molecular flexibility index (Phi) is 4.94. The number of piperazine rings is 1. The predicted octanol–water partition coefficient (Wildman–Crippen LogP) is 2.17. The fourth-order valence-corrected chi connectivity index (χ4v) is 3.12. The van der Waals surface area contributed by atoms with Crippen LogP contribution in [0.15, 0.2) is 22.7 Å². The summed E-state index contributed by atoms with van der Waals surface area (Å²) >= 11 is 3.46. The number of fused-ring (bicyclic) bond motifs is 1. The first-order valence-corrected chi connectivity index (χ1v) is 7.39. The van der Waals surface area contributed by atoms with Gasteiger partial charge in [-0.15, -0.1) is 12.4 Å². The molecule has 6 heteroatoms. The monoisotopic (exact) mass is 360 g/mol. The number of amides is 1. The molecule has 1 fully saturated rings. The van der Waals surface area contributed by atoms with Crippen LogP contribution in [0.4, 0.5) is 0 Å². The van der Waals surface area contributed by atoms with E-state index in [1.807, 2.05) is 23.1 Å². The number of hydrogen-bond acceptors (Lipinski definition) is 3. The van der Waals surface area contributed by atoms with E-state index >= 15 is 0 Å². The summed E-state index contributed by atoms with van der Waals surface area (Å²) in [7, 11) is 0. The minimum Gasteiger partial charge on any atom is -0.492 e. The molecule has 2 aliphatic heterocycles. The van der Waals surface area contributed by atoms with Gasteiger partial charge < -0.3 is 15.0 Å². The van der Waals surface area contributed by atoms with Gasteiger partial charge in [-0.2, -0.15) is 0 Å². The second-order valence-corrected chi connectivity index (χ2v) is 6.10. The van der Waals surface area contributed by atoms with Gasteiger partial charge in [0, 0.05) is 35.7 Å². The third-order valence-electron chi connectivity index (χ3n) is 3.73. The Labute approximate surface area is 133 Å². The van der Waals surface area contributed by atoms with Crippen LogP contribution in [-0.2, 0) is 4.79 Å². The highest BCUT2D eigenvalue weighted by atomic mass is 79.9. The van der Waals surface area contributed by atoms with E-state index in [0.717, 1.165) is 35.4 Å². The average molecular weight is 362 g/mol. The van der Waals surface area contributed by atoms with Gasteiger partial charge in [-0.1, -0.05) is 15.9 Å². The van der Waals surface area contributed by atoms with E-state index in [-0.39, 0.29) is 24.2 Å². The fraction of sp³-hybridized carbons (Fsp3) is 0.500. The largest absolute Gasteiger partial charge is 0.492 e. The highest BCUT2D eigenvalue weighted by Crippen LogP contribution is 2.36. The zero-order valence-electron chi connectivity index (χ0n) is 11.3. The summed E-state index contributed by atoms with van der Waals surface area (Å²) in [6.45, 7) is 4.99. The Morgan fingerprint density at radius 2 is 2.30 bits per heavy atom. The third-order valence-corrected chi connectivity index (χ3v) is 4.22. The molecule has 110 valence electrons. The van der Waals surface area contributed by atoms with Crippen LogP contribution in [0.5, 0.6) is 5.75 Å². The van der Waals surface area contributed by atoms with Crippen LogP contribution in [0.1, 0.15) is 18.4 Å². The maximum atomic E-state index is 12.6. The van der Waals surface area contributed by atoms with Crippen molar-refractivity contribution in [3.05, 3.63) is 28.2 Å². The van der Waals surface area contributed by atoms with E-state index in [1.54, 1.807) is 0 Å². The Bertz CT molecular complexity index is 512. The second kappa shape index (κ2) is 6.33. The molecule has 0 bridgehead atoms. The summed E-state index contributed by atoms with van der Waals surface area (Å²) in [6.07, 6.45) is 0. The SMILES string of the molecule is C[C@@H]1CN(C(=O)C2COc3ccc(Br)cc32)CCN1.Cl. The molecule has 4 nitrogen and oxygen atoms in total. The lowest BCUT2D eigenvalue weighted by atomic mass is 9.99. The fourth-order valence-electron chi connectivity index (χ4n) is 2.74. The number of rotatable bonds is 1. The first kappa shape index (κ1) is 15.6. The molecule has 1 unspecified atom stereocenters. The molecule has 2 atom stereocenters. The van der Waals surface area contributed by atoms with Crippen molar-refractivity contribution >= 4 is 34.2 Å². The van der Waals surface area contributed by atoms with Crippen LogP contribution < -0.4 is 10.1 Å². The van der Waals surface area contributed by atoms with Crippen molar-refractivity contribution in [2.24, 2.45) is 0 Å². The van der Waals surface area contributed by atoms with Crippen LogP contribution >= 0.6 is 28.3 Å². The van der Waals surface area contributed by atoms with Gasteiger partial charge in [0.1, 0.15) is 18.3 Å². The summed E-state index contributed by atoms with van der Waals surface area (Å²) in [5.41, 5.74) is 1.01. The van der Waals surface area contributed by atoms with Gasteiger partial charge in [0.25, 0.3) is 0 Å². The van der Waals surface area contributed by atoms with Crippen molar-refractivity contribution in [2.75, 3.05) is 26.2 Å². The van der Waals surface area contributed by atoms with Gasteiger partial charge in [0.05, 0.1) is 0 Å². The quantitative estimate of drug-likeness (QED) is 0.833. The standard InChI is InChI=1S/C14H17BrN2O2.ClH/c1-9-7-17(5-4-16-9)14(18)12-8-19-13-3-2-10(15)6-11(12)13;/h2-3,6,9,12,16H,4-5,7-8H2,1H3;1H/t9-,12?;/m1./s1. The van der Waals surface area contributed by atoms with Crippen molar-refractivity contribution in [3.63, 3.8) is 0 Å². The minimum atomic E-state index is -0.155. The predicted molar refractivity (Wildman–Crippen MR) is 83.7 cm³/mol. The van der Waals surface area contributed by atoms with Crippen LogP contribution in [0.3, 0.4) is 0 Å². The molecule has 0 saturated carbocycles. The molecule has 0 spiro atoms. The molecule has 0 radical (unpaired) electrons. The van der Waals surface area contributed by atoms with E-state index in [4.69, 9.17) is 4.74 Å². The van der Waals surface area contributed by atoms with Crippen LogP contribution in [0.2, 0.25) is 0 Å². The maximum Gasteiger partial charge on any atom is 0.233 e. The summed E-state index contributed by atoms with van der Waals surface area (Å²) in [4.78, 5) is 14.6. The molecule has 2 heterocycles. The molecule has 1 aromatic carbocycles. The Morgan fingerprint density at radius 3 is 3.05 bits per heavy atom. The lowest BCUT2D eigenvalue weighted by Crippen LogP contribution is -2.52. The summed E-state index contributed by atoms with van der Waals surface area (Å²) in [5, 5.41) is 3.35. The van der Waals surface area contributed by atoms with Gasteiger partial charge in [0.2, 0.25) is 5.91 Å². The number of halogens is 2. The molecule has 1 saturated heterocycles. The highest BCUT2D eigenvalue weighted by Gasteiger charge is 2.34. The Morgan fingerprint density at radius 1 is 1.50 bits per heavy atom. The molecule has 1 N–H and O–H groups in total. The molecule has 1 aromatic rings. The third kappa shape index (κ3) is 2.95. The number of carbonyl (C=O) groups excluding carboxylic acids is 1. The minimum absolute atomic E-state index is 0. The highest BCUT2D eigenvalue weighted by molar-refractivity contribution is 9.10. The van der Waals surface area contributed by atoms with E-state index < -0.39 is 0 Å². The van der Waals surface area contributed by atoms with Gasteiger partial charge in [0.15, 0.2) is 0 Å². The van der Waals surface area contributed by atoms with E-state index in [2.05, 4.69) is 28.2 Å². The van der Waals surface area contributed by atoms with Gasteiger partial charge >= 0.3 is 0 Å². The first-order valence-electron chi connectivity index (χ1n) is 6.59. The number of hydrogen-bond donors (Lipinski definition) is 1. The lowest BCUT2D eigenvalue weighted by Gasteiger charge is -2.33. The zero-order valence-corrected chi connectivity index (χ0v) is 13.7. The molecular formula is C14H18BrClN2O2. The van der Waals surface area contributed by atoms with Gasteiger partial charge in [-0.3, -0.25) is 4.79 Å². The number of ether oxygens (including phenoxy) is 1. The van der Waals surface area contributed by atoms with E-state index in [9.17, 15) is 4.79 Å². The molecule has 2 aliphatic rings. The normalized spacial score (nSPS) is 24.6.